The molecule has 3 rings (SSSR count). The molecule has 1 heterocycles. The fourth-order valence-corrected chi connectivity index (χ4v) is 6.81. The van der Waals surface area contributed by atoms with E-state index in [1.807, 2.05) is 0 Å². The molecule has 0 aromatic carbocycles. The first-order valence-electron chi connectivity index (χ1n) is 8.29. The van der Waals surface area contributed by atoms with Crippen LogP contribution in [-0.2, 0) is 10.0 Å². The number of rotatable bonds is 3. The normalized spacial score (nSPS) is 37.5. The summed E-state index contributed by atoms with van der Waals surface area (Å²) < 4.78 is 27.5. The van der Waals surface area contributed by atoms with Gasteiger partial charge in [-0.05, 0) is 38.5 Å². The van der Waals surface area contributed by atoms with Crippen molar-refractivity contribution in [3.05, 3.63) is 0 Å². The molecule has 3 atom stereocenters. The van der Waals surface area contributed by atoms with E-state index in [-0.39, 0.29) is 23.3 Å². The van der Waals surface area contributed by atoms with Gasteiger partial charge in [-0.25, -0.2) is 8.42 Å². The Morgan fingerprint density at radius 1 is 0.850 bits per heavy atom. The number of aliphatic hydroxyl groups excluding tert-OH is 1. The van der Waals surface area contributed by atoms with Gasteiger partial charge in [0.15, 0.2) is 0 Å². The molecular formula is C15H27NO3S. The van der Waals surface area contributed by atoms with Crippen LogP contribution in [0.2, 0.25) is 0 Å². The highest BCUT2D eigenvalue weighted by Crippen LogP contribution is 2.38. The van der Waals surface area contributed by atoms with Gasteiger partial charge in [0, 0.05) is 18.5 Å². The van der Waals surface area contributed by atoms with Crippen molar-refractivity contribution in [2.75, 3.05) is 6.54 Å². The molecule has 116 valence electrons. The number of sulfonamides is 1. The van der Waals surface area contributed by atoms with Crippen molar-refractivity contribution in [2.45, 2.75) is 81.6 Å². The van der Waals surface area contributed by atoms with Gasteiger partial charge in [0.1, 0.15) is 0 Å². The van der Waals surface area contributed by atoms with E-state index in [9.17, 15) is 13.5 Å². The molecule has 0 bridgehead atoms. The van der Waals surface area contributed by atoms with Crippen LogP contribution in [0.25, 0.3) is 0 Å². The Balaban J connectivity index is 1.77. The zero-order valence-electron chi connectivity index (χ0n) is 12.2. The Kier molecular flexibility index (Phi) is 4.39. The largest absolute Gasteiger partial charge is 0.393 e. The van der Waals surface area contributed by atoms with Gasteiger partial charge in [-0.15, -0.1) is 0 Å². The van der Waals surface area contributed by atoms with Crippen LogP contribution in [0.1, 0.15) is 64.2 Å². The molecule has 2 saturated carbocycles. The second kappa shape index (κ2) is 5.93. The summed E-state index contributed by atoms with van der Waals surface area (Å²) in [5.41, 5.74) is 0. The second-order valence-corrected chi connectivity index (χ2v) is 8.95. The lowest BCUT2D eigenvalue weighted by Gasteiger charge is -2.37. The third kappa shape index (κ3) is 2.64. The van der Waals surface area contributed by atoms with E-state index in [1.165, 1.54) is 0 Å². The van der Waals surface area contributed by atoms with Crippen LogP contribution in [0.4, 0.5) is 0 Å². The minimum absolute atomic E-state index is 0.0656. The Morgan fingerprint density at radius 2 is 1.50 bits per heavy atom. The molecule has 5 heteroatoms. The van der Waals surface area contributed by atoms with Gasteiger partial charge in [0.2, 0.25) is 10.0 Å². The quantitative estimate of drug-likeness (QED) is 0.870. The van der Waals surface area contributed by atoms with Crippen molar-refractivity contribution >= 4 is 10.0 Å². The van der Waals surface area contributed by atoms with Gasteiger partial charge in [-0.1, -0.05) is 25.7 Å². The average Bonchev–Trinajstić information content (AvgIpc) is 3.11. The van der Waals surface area contributed by atoms with Crippen molar-refractivity contribution in [2.24, 2.45) is 5.92 Å². The second-order valence-electron chi connectivity index (χ2n) is 6.79. The summed E-state index contributed by atoms with van der Waals surface area (Å²) in [4.78, 5) is 0. The van der Waals surface area contributed by atoms with Gasteiger partial charge in [0.05, 0.1) is 11.4 Å². The first-order chi connectivity index (χ1) is 9.60. The summed E-state index contributed by atoms with van der Waals surface area (Å²) >= 11 is 0. The predicted molar refractivity (Wildman–Crippen MR) is 78.9 cm³/mol. The fourth-order valence-electron chi connectivity index (χ4n) is 4.48. The van der Waals surface area contributed by atoms with Crippen LogP contribution in [0.3, 0.4) is 0 Å². The minimum Gasteiger partial charge on any atom is -0.393 e. The summed E-state index contributed by atoms with van der Waals surface area (Å²) in [7, 11) is -3.14. The molecule has 0 radical (unpaired) electrons. The summed E-state index contributed by atoms with van der Waals surface area (Å²) in [5.74, 6) is 0.169. The molecule has 20 heavy (non-hydrogen) atoms. The smallest absolute Gasteiger partial charge is 0.217 e. The Bertz CT molecular complexity index is 430. The minimum atomic E-state index is -3.14. The molecule has 1 saturated heterocycles. The van der Waals surface area contributed by atoms with Crippen LogP contribution in [0, 0.1) is 5.92 Å². The molecule has 1 aliphatic heterocycles. The van der Waals surface area contributed by atoms with Crippen molar-refractivity contribution < 1.29 is 13.5 Å². The van der Waals surface area contributed by atoms with Gasteiger partial charge >= 0.3 is 0 Å². The first-order valence-corrected chi connectivity index (χ1v) is 9.80. The first kappa shape index (κ1) is 14.8. The Hall–Kier alpha value is -0.130. The number of nitrogens with zero attached hydrogens (tertiary/aromatic N) is 1. The molecular weight excluding hydrogens is 274 g/mol. The van der Waals surface area contributed by atoms with E-state index >= 15 is 0 Å². The zero-order valence-corrected chi connectivity index (χ0v) is 13.0. The maximum Gasteiger partial charge on any atom is 0.217 e. The SMILES string of the molecule is O=S(=O)(C1CCCC1)N1CCCC1C1CCCCC1O. The van der Waals surface area contributed by atoms with E-state index in [0.717, 1.165) is 64.2 Å². The number of hydrogen-bond donors (Lipinski definition) is 1. The summed E-state index contributed by atoms with van der Waals surface area (Å²) in [6.07, 6.45) is 9.41. The predicted octanol–water partition coefficient (Wildman–Crippen LogP) is 2.27. The van der Waals surface area contributed by atoms with Gasteiger partial charge in [0.25, 0.3) is 0 Å². The summed E-state index contributed by atoms with van der Waals surface area (Å²) in [6.45, 7) is 0.673. The zero-order chi connectivity index (χ0) is 14.2. The van der Waals surface area contributed by atoms with Crippen molar-refractivity contribution in [1.29, 1.82) is 0 Å². The van der Waals surface area contributed by atoms with Crippen LogP contribution in [0.5, 0.6) is 0 Å². The molecule has 4 nitrogen and oxygen atoms in total. The molecule has 3 unspecified atom stereocenters. The Morgan fingerprint density at radius 3 is 2.20 bits per heavy atom. The van der Waals surface area contributed by atoms with Crippen molar-refractivity contribution in [1.82, 2.24) is 4.31 Å². The van der Waals surface area contributed by atoms with Gasteiger partial charge < -0.3 is 5.11 Å². The lowest BCUT2D eigenvalue weighted by molar-refractivity contribution is 0.0385. The molecule has 2 aliphatic carbocycles. The van der Waals surface area contributed by atoms with Crippen LogP contribution in [-0.4, -0.2) is 41.8 Å². The third-order valence-corrected chi connectivity index (χ3v) is 8.00. The summed E-state index contributed by atoms with van der Waals surface area (Å²) in [5, 5.41) is 10.1. The molecule has 0 amide bonds. The Labute approximate surface area is 122 Å². The highest BCUT2D eigenvalue weighted by Gasteiger charge is 2.44. The number of hydrogen-bond acceptors (Lipinski definition) is 3. The maximum atomic E-state index is 12.8. The van der Waals surface area contributed by atoms with E-state index < -0.39 is 10.0 Å². The van der Waals surface area contributed by atoms with Crippen molar-refractivity contribution in [3.63, 3.8) is 0 Å². The third-order valence-electron chi connectivity index (χ3n) is 5.57. The summed E-state index contributed by atoms with van der Waals surface area (Å²) in [6, 6.07) is 0.0656. The lowest BCUT2D eigenvalue weighted by atomic mass is 9.81. The van der Waals surface area contributed by atoms with Crippen LogP contribution < -0.4 is 0 Å². The van der Waals surface area contributed by atoms with E-state index in [4.69, 9.17) is 0 Å². The van der Waals surface area contributed by atoms with Gasteiger partial charge in [-0.3, -0.25) is 0 Å². The van der Waals surface area contributed by atoms with Gasteiger partial charge in [-0.2, -0.15) is 4.31 Å². The van der Waals surface area contributed by atoms with E-state index in [0.29, 0.717) is 6.54 Å². The monoisotopic (exact) mass is 301 g/mol. The molecule has 0 aromatic rings. The highest BCUT2D eigenvalue weighted by molar-refractivity contribution is 7.89. The van der Waals surface area contributed by atoms with Crippen molar-refractivity contribution in [3.8, 4) is 0 Å². The molecule has 1 N–H and O–H groups in total. The fraction of sp³-hybridized carbons (Fsp3) is 1.00. The van der Waals surface area contributed by atoms with E-state index in [1.54, 1.807) is 4.31 Å². The van der Waals surface area contributed by atoms with Crippen LogP contribution >= 0.6 is 0 Å². The average molecular weight is 301 g/mol. The molecule has 0 spiro atoms. The highest BCUT2D eigenvalue weighted by atomic mass is 32.2. The van der Waals surface area contributed by atoms with Crippen LogP contribution in [0.15, 0.2) is 0 Å². The topological polar surface area (TPSA) is 57.6 Å². The molecule has 3 fully saturated rings. The molecule has 3 aliphatic rings. The number of aliphatic hydroxyl groups is 1. The standard InChI is InChI=1S/C15H27NO3S/c17-15-10-4-3-8-13(15)14-9-5-11-16(14)20(18,19)12-6-1-2-7-12/h12-15,17H,1-11H2. The van der Waals surface area contributed by atoms with E-state index in [2.05, 4.69) is 0 Å². The molecule has 0 aromatic heterocycles. The lowest BCUT2D eigenvalue weighted by Crippen LogP contribution is -2.47. The maximum absolute atomic E-state index is 12.8.